The molecule has 0 saturated heterocycles. The van der Waals surface area contributed by atoms with E-state index in [1.165, 1.54) is 0 Å². The number of hydrogen-bond acceptors (Lipinski definition) is 4. The molecule has 0 rings (SSSR count). The first-order valence-corrected chi connectivity index (χ1v) is 4.38. The Morgan fingerprint density at radius 3 is 1.70 bits per heavy atom. The molecule has 0 aromatic rings. The van der Waals surface area contributed by atoms with Gasteiger partial charge in [-0.05, 0) is 22.6 Å². The molecular weight excluding hydrogens is 271 g/mol. The highest BCUT2D eigenvalue weighted by atomic mass is 127. The van der Waals surface area contributed by atoms with Gasteiger partial charge in [0.1, 0.15) is 12.1 Å². The monoisotopic (exact) mass is 272 g/mol. The van der Waals surface area contributed by atoms with E-state index in [0.717, 1.165) is 34.7 Å². The first-order chi connectivity index (χ1) is 4.37. The van der Waals surface area contributed by atoms with Crippen LogP contribution in [-0.4, -0.2) is 15.7 Å². The lowest BCUT2D eigenvalue weighted by molar-refractivity contribution is 0.480. The van der Waals surface area contributed by atoms with Crippen molar-refractivity contribution in [2.45, 2.75) is 2.75 Å². The first-order valence-electron chi connectivity index (χ1n) is 1.86. The number of halogens is 1. The quantitative estimate of drug-likeness (QED) is 0.413. The zero-order chi connectivity index (χ0) is 8.41. The zero-order valence-electron chi connectivity index (χ0n) is 4.44. The van der Waals surface area contributed by atoms with Crippen LogP contribution in [0.15, 0.2) is 0 Å². The molecule has 54 valence electrons. The van der Waals surface area contributed by atoms with Crippen molar-refractivity contribution in [2.75, 3.05) is 0 Å². The summed E-state index contributed by atoms with van der Waals surface area (Å²) in [6.45, 7) is 0. The average molecular weight is 272 g/mol. The van der Waals surface area contributed by atoms with Crippen LogP contribution in [0.5, 0.6) is 0 Å². The Labute approximate surface area is 71.1 Å². The Balaban J connectivity index is 5.19. The molecule has 0 fully saturated rings. The zero-order valence-corrected chi connectivity index (χ0v) is 7.42. The lowest BCUT2D eigenvalue weighted by Gasteiger charge is -2.03. The number of rotatable bonds is 1. The van der Waals surface area contributed by atoms with Crippen LogP contribution in [0.1, 0.15) is 0 Å². The summed E-state index contributed by atoms with van der Waals surface area (Å²) in [6, 6.07) is 2.31. The third kappa shape index (κ3) is 1.56. The SMILES string of the molecule is N#CC(I)(C#N)S(=O)(=O)O. The van der Waals surface area contributed by atoms with Crippen LogP contribution in [0.25, 0.3) is 0 Å². The number of alkyl halides is 1. The fourth-order valence-corrected chi connectivity index (χ4v) is 0.371. The van der Waals surface area contributed by atoms with Crippen molar-refractivity contribution in [3.63, 3.8) is 0 Å². The number of nitrogens with zero attached hydrogens (tertiary/aromatic N) is 2. The molecule has 0 heterocycles. The minimum atomic E-state index is -4.60. The third-order valence-corrected chi connectivity index (χ3v) is 3.69. The summed E-state index contributed by atoms with van der Waals surface area (Å²) in [5, 5.41) is 16.2. The average Bonchev–Trinajstić information content (AvgIpc) is 1.84. The van der Waals surface area contributed by atoms with Crippen molar-refractivity contribution in [3.8, 4) is 12.1 Å². The van der Waals surface area contributed by atoms with Gasteiger partial charge in [-0.2, -0.15) is 18.9 Å². The Morgan fingerprint density at radius 2 is 1.70 bits per heavy atom. The van der Waals surface area contributed by atoms with Crippen LogP contribution >= 0.6 is 22.6 Å². The molecule has 0 radical (unpaired) electrons. The Morgan fingerprint density at radius 1 is 1.40 bits per heavy atom. The Kier molecular flexibility index (Phi) is 2.60. The molecular formula is C3HIN2O3S. The van der Waals surface area contributed by atoms with Gasteiger partial charge < -0.3 is 0 Å². The van der Waals surface area contributed by atoms with Gasteiger partial charge in [0, 0.05) is 0 Å². The second-order valence-corrected chi connectivity index (χ2v) is 5.21. The van der Waals surface area contributed by atoms with Crippen molar-refractivity contribution in [1.29, 1.82) is 10.5 Å². The van der Waals surface area contributed by atoms with E-state index in [0.29, 0.717) is 0 Å². The molecule has 10 heavy (non-hydrogen) atoms. The molecule has 0 amide bonds. The fourth-order valence-electron chi connectivity index (χ4n) is 0.140. The minimum Gasteiger partial charge on any atom is -0.283 e. The lowest BCUT2D eigenvalue weighted by atomic mass is 10.5. The molecule has 0 aromatic carbocycles. The normalized spacial score (nSPS) is 11.6. The molecule has 0 aromatic heterocycles. The molecule has 0 bridgehead atoms. The molecule has 0 spiro atoms. The molecule has 0 aliphatic heterocycles. The predicted molar refractivity (Wildman–Crippen MR) is 39.5 cm³/mol. The highest BCUT2D eigenvalue weighted by molar-refractivity contribution is 14.1. The summed E-state index contributed by atoms with van der Waals surface area (Å²) in [4.78, 5) is 0. The molecule has 0 unspecified atom stereocenters. The van der Waals surface area contributed by atoms with Crippen LogP contribution < -0.4 is 0 Å². The topological polar surface area (TPSA) is 102 Å². The van der Waals surface area contributed by atoms with Gasteiger partial charge in [-0.25, -0.2) is 0 Å². The summed E-state index contributed by atoms with van der Waals surface area (Å²) in [6.07, 6.45) is 0. The van der Waals surface area contributed by atoms with E-state index in [4.69, 9.17) is 15.1 Å². The maximum atomic E-state index is 10.2. The second kappa shape index (κ2) is 2.70. The van der Waals surface area contributed by atoms with Gasteiger partial charge in [-0.1, -0.05) is 0 Å². The van der Waals surface area contributed by atoms with Gasteiger partial charge >= 0.3 is 12.9 Å². The summed E-state index contributed by atoms with van der Waals surface area (Å²) < 4.78 is 26.3. The third-order valence-electron chi connectivity index (χ3n) is 0.643. The summed E-state index contributed by atoms with van der Waals surface area (Å²) >= 11 is 1.05. The maximum Gasteiger partial charge on any atom is 0.316 e. The van der Waals surface area contributed by atoms with E-state index < -0.39 is 12.9 Å². The molecule has 0 atom stereocenters. The second-order valence-electron chi connectivity index (χ2n) is 1.29. The van der Waals surface area contributed by atoms with Crippen molar-refractivity contribution in [1.82, 2.24) is 0 Å². The van der Waals surface area contributed by atoms with Crippen molar-refractivity contribution in [3.05, 3.63) is 0 Å². The van der Waals surface area contributed by atoms with E-state index in [1.807, 2.05) is 0 Å². The smallest absolute Gasteiger partial charge is 0.283 e. The Hall–Kier alpha value is -0.380. The van der Waals surface area contributed by atoms with E-state index >= 15 is 0 Å². The van der Waals surface area contributed by atoms with Crippen molar-refractivity contribution >= 4 is 32.7 Å². The van der Waals surface area contributed by atoms with Crippen molar-refractivity contribution < 1.29 is 13.0 Å². The largest absolute Gasteiger partial charge is 0.316 e. The van der Waals surface area contributed by atoms with E-state index in [2.05, 4.69) is 0 Å². The fraction of sp³-hybridized carbons (Fsp3) is 0.333. The molecule has 5 nitrogen and oxygen atoms in total. The van der Waals surface area contributed by atoms with Crippen LogP contribution in [0, 0.1) is 22.7 Å². The van der Waals surface area contributed by atoms with Crippen LogP contribution in [0.2, 0.25) is 0 Å². The highest BCUT2D eigenvalue weighted by Crippen LogP contribution is 2.22. The maximum absolute atomic E-state index is 10.2. The van der Waals surface area contributed by atoms with E-state index in [9.17, 15) is 8.42 Å². The van der Waals surface area contributed by atoms with E-state index in [1.54, 1.807) is 0 Å². The summed E-state index contributed by atoms with van der Waals surface area (Å²) in [5.41, 5.74) is 0. The van der Waals surface area contributed by atoms with Crippen LogP contribution in [0.4, 0.5) is 0 Å². The van der Waals surface area contributed by atoms with Crippen LogP contribution in [-0.2, 0) is 10.1 Å². The van der Waals surface area contributed by atoms with Gasteiger partial charge in [-0.15, -0.1) is 0 Å². The van der Waals surface area contributed by atoms with E-state index in [-0.39, 0.29) is 0 Å². The molecule has 0 aliphatic carbocycles. The summed E-state index contributed by atoms with van der Waals surface area (Å²) in [5.74, 6) is 0. The lowest BCUT2D eigenvalue weighted by Crippen LogP contribution is -2.27. The van der Waals surface area contributed by atoms with Gasteiger partial charge in [0.05, 0.1) is 0 Å². The first kappa shape index (κ1) is 9.62. The van der Waals surface area contributed by atoms with Gasteiger partial charge in [0.25, 0.3) is 0 Å². The molecule has 7 heteroatoms. The minimum absolute atomic E-state index is 1.05. The van der Waals surface area contributed by atoms with Crippen LogP contribution in [0.3, 0.4) is 0 Å². The predicted octanol–water partition coefficient (Wildman–Crippen LogP) is 0.0527. The van der Waals surface area contributed by atoms with Gasteiger partial charge in [0.15, 0.2) is 0 Å². The number of hydrogen-bond donors (Lipinski definition) is 1. The molecule has 0 aliphatic rings. The van der Waals surface area contributed by atoms with Gasteiger partial charge in [0.2, 0.25) is 0 Å². The number of nitriles is 2. The Bertz CT molecular complexity index is 294. The molecule has 1 N–H and O–H groups in total. The van der Waals surface area contributed by atoms with Crippen molar-refractivity contribution in [2.24, 2.45) is 0 Å². The highest BCUT2D eigenvalue weighted by Gasteiger charge is 2.41. The summed E-state index contributed by atoms with van der Waals surface area (Å²) in [7, 11) is -4.60. The van der Waals surface area contributed by atoms with Gasteiger partial charge in [-0.3, -0.25) is 4.55 Å². The standard InChI is InChI=1S/C3HIN2O3S/c4-3(1-5,2-6)10(7,8)9/h(H,7,8,9). The molecule has 0 saturated carbocycles.